The van der Waals surface area contributed by atoms with Gasteiger partial charge in [-0.1, -0.05) is 36.4 Å². The Hall–Kier alpha value is -3.77. The SMILES string of the molecule is COc1ccccc1C(CNC(=O)c1cc(-c2ccncc2)nc2ccccc12)N1CCCC1. The number of pyridine rings is 2. The summed E-state index contributed by atoms with van der Waals surface area (Å²) in [4.78, 5) is 24.9. The van der Waals surface area contributed by atoms with Crippen molar-refractivity contribution in [1.82, 2.24) is 20.2 Å². The second-order valence-electron chi connectivity index (χ2n) is 8.52. The zero-order chi connectivity index (χ0) is 23.3. The van der Waals surface area contributed by atoms with Crippen molar-refractivity contribution >= 4 is 16.8 Å². The zero-order valence-corrected chi connectivity index (χ0v) is 19.3. The lowest BCUT2D eigenvalue weighted by molar-refractivity contribution is 0.0939. The highest BCUT2D eigenvalue weighted by Crippen LogP contribution is 2.31. The molecular formula is C28H28N4O2. The number of methoxy groups -OCH3 is 1. The van der Waals surface area contributed by atoms with Gasteiger partial charge in [-0.25, -0.2) is 4.98 Å². The van der Waals surface area contributed by atoms with E-state index in [1.165, 1.54) is 12.8 Å². The Labute approximate surface area is 199 Å². The topological polar surface area (TPSA) is 67.3 Å². The average Bonchev–Trinajstić information content (AvgIpc) is 3.43. The first kappa shape index (κ1) is 22.0. The minimum atomic E-state index is -0.104. The number of hydrogen-bond acceptors (Lipinski definition) is 5. The van der Waals surface area contributed by atoms with E-state index >= 15 is 0 Å². The third-order valence-electron chi connectivity index (χ3n) is 6.47. The second kappa shape index (κ2) is 10.0. The van der Waals surface area contributed by atoms with Crippen molar-refractivity contribution in [2.24, 2.45) is 0 Å². The highest BCUT2D eigenvalue weighted by molar-refractivity contribution is 6.07. The number of nitrogens with one attached hydrogen (secondary N) is 1. The van der Waals surface area contributed by atoms with E-state index in [0.717, 1.165) is 46.6 Å². The van der Waals surface area contributed by atoms with E-state index in [-0.39, 0.29) is 11.9 Å². The fourth-order valence-corrected chi connectivity index (χ4v) is 4.75. The Morgan fingerprint density at radius 2 is 1.76 bits per heavy atom. The van der Waals surface area contributed by atoms with Gasteiger partial charge in [0.2, 0.25) is 0 Å². The quantitative estimate of drug-likeness (QED) is 0.433. The molecule has 6 heteroatoms. The molecule has 1 fully saturated rings. The van der Waals surface area contributed by atoms with E-state index in [9.17, 15) is 4.79 Å². The number of carbonyl (C=O) groups excluding carboxylic acids is 1. The van der Waals surface area contributed by atoms with Gasteiger partial charge in [0, 0.05) is 35.5 Å². The first-order chi connectivity index (χ1) is 16.7. The predicted molar refractivity (Wildman–Crippen MR) is 134 cm³/mol. The summed E-state index contributed by atoms with van der Waals surface area (Å²) >= 11 is 0. The summed E-state index contributed by atoms with van der Waals surface area (Å²) in [6.07, 6.45) is 5.81. The average molecular weight is 453 g/mol. The molecule has 2 aromatic heterocycles. The smallest absolute Gasteiger partial charge is 0.252 e. The highest BCUT2D eigenvalue weighted by Gasteiger charge is 2.26. The molecule has 3 heterocycles. The van der Waals surface area contributed by atoms with Crippen LogP contribution in [0.5, 0.6) is 5.75 Å². The van der Waals surface area contributed by atoms with Crippen molar-refractivity contribution in [3.8, 4) is 17.0 Å². The normalized spacial score (nSPS) is 14.7. The summed E-state index contributed by atoms with van der Waals surface area (Å²) in [5, 5.41) is 4.06. The molecule has 1 N–H and O–H groups in total. The van der Waals surface area contributed by atoms with Crippen LogP contribution in [0.4, 0.5) is 0 Å². The van der Waals surface area contributed by atoms with Gasteiger partial charge >= 0.3 is 0 Å². The van der Waals surface area contributed by atoms with E-state index < -0.39 is 0 Å². The number of carbonyl (C=O) groups is 1. The summed E-state index contributed by atoms with van der Waals surface area (Å²) in [6.45, 7) is 2.53. The Balaban J connectivity index is 1.46. The van der Waals surface area contributed by atoms with Crippen molar-refractivity contribution in [1.29, 1.82) is 0 Å². The van der Waals surface area contributed by atoms with Crippen LogP contribution in [0, 0.1) is 0 Å². The van der Waals surface area contributed by atoms with Crippen molar-refractivity contribution in [2.45, 2.75) is 18.9 Å². The lowest BCUT2D eigenvalue weighted by atomic mass is 10.0. The zero-order valence-electron chi connectivity index (χ0n) is 19.3. The molecule has 2 aromatic carbocycles. The van der Waals surface area contributed by atoms with Crippen molar-refractivity contribution in [3.05, 3.63) is 90.3 Å². The molecule has 6 nitrogen and oxygen atoms in total. The van der Waals surface area contributed by atoms with E-state index in [2.05, 4.69) is 21.3 Å². The number of para-hydroxylation sites is 2. The third-order valence-corrected chi connectivity index (χ3v) is 6.47. The Morgan fingerprint density at radius 1 is 1.03 bits per heavy atom. The molecule has 5 rings (SSSR count). The number of ether oxygens (including phenoxy) is 1. The third kappa shape index (κ3) is 4.50. The van der Waals surface area contributed by atoms with Crippen LogP contribution in [-0.4, -0.2) is 47.5 Å². The lowest BCUT2D eigenvalue weighted by Crippen LogP contribution is -2.37. The molecule has 1 aliphatic heterocycles. The molecule has 0 aliphatic carbocycles. The van der Waals surface area contributed by atoms with Crippen LogP contribution in [0.2, 0.25) is 0 Å². The molecule has 0 spiro atoms. The van der Waals surface area contributed by atoms with Crippen molar-refractivity contribution < 1.29 is 9.53 Å². The van der Waals surface area contributed by atoms with Gasteiger partial charge in [-0.05, 0) is 56.3 Å². The number of amides is 1. The van der Waals surface area contributed by atoms with Crippen LogP contribution < -0.4 is 10.1 Å². The van der Waals surface area contributed by atoms with Gasteiger partial charge < -0.3 is 10.1 Å². The molecule has 1 amide bonds. The van der Waals surface area contributed by atoms with Crippen LogP contribution in [-0.2, 0) is 0 Å². The van der Waals surface area contributed by atoms with Gasteiger partial charge in [0.15, 0.2) is 0 Å². The number of benzene rings is 2. The number of likely N-dealkylation sites (tertiary alicyclic amines) is 1. The molecule has 0 radical (unpaired) electrons. The number of aromatic nitrogens is 2. The van der Waals surface area contributed by atoms with Crippen LogP contribution in [0.3, 0.4) is 0 Å². The van der Waals surface area contributed by atoms with E-state index in [0.29, 0.717) is 12.1 Å². The first-order valence-corrected chi connectivity index (χ1v) is 11.7. The maximum absolute atomic E-state index is 13.5. The van der Waals surface area contributed by atoms with Crippen molar-refractivity contribution in [3.63, 3.8) is 0 Å². The van der Waals surface area contributed by atoms with Gasteiger partial charge in [0.25, 0.3) is 5.91 Å². The lowest BCUT2D eigenvalue weighted by Gasteiger charge is -2.29. The molecule has 0 bridgehead atoms. The maximum Gasteiger partial charge on any atom is 0.252 e. The Bertz CT molecular complexity index is 1290. The summed E-state index contributed by atoms with van der Waals surface area (Å²) in [7, 11) is 1.70. The van der Waals surface area contributed by atoms with Gasteiger partial charge in [0.05, 0.1) is 29.9 Å². The number of nitrogens with zero attached hydrogens (tertiary/aromatic N) is 3. The number of rotatable bonds is 7. The highest BCUT2D eigenvalue weighted by atomic mass is 16.5. The molecule has 1 unspecified atom stereocenters. The molecule has 1 saturated heterocycles. The minimum absolute atomic E-state index is 0.0513. The standard InChI is InChI=1S/C28H28N4O2/c1-34-27-11-5-3-9-22(27)26(32-16-6-7-17-32)19-30-28(33)23-18-25(20-12-14-29-15-13-20)31-24-10-4-2-8-21(23)24/h2-5,8-15,18,26H,6-7,16-17,19H2,1H3,(H,30,33). The molecule has 4 aromatic rings. The van der Waals surface area contributed by atoms with Crippen LogP contribution in [0.15, 0.2) is 79.1 Å². The fourth-order valence-electron chi connectivity index (χ4n) is 4.75. The second-order valence-corrected chi connectivity index (χ2v) is 8.52. The molecule has 1 atom stereocenters. The monoisotopic (exact) mass is 452 g/mol. The summed E-state index contributed by atoms with van der Waals surface area (Å²) in [5.74, 6) is 0.746. The van der Waals surface area contributed by atoms with E-state index in [4.69, 9.17) is 9.72 Å². The molecular weight excluding hydrogens is 424 g/mol. The first-order valence-electron chi connectivity index (χ1n) is 11.7. The Kier molecular flexibility index (Phi) is 6.49. The van der Waals surface area contributed by atoms with E-state index in [1.807, 2.05) is 60.7 Å². The van der Waals surface area contributed by atoms with Gasteiger partial charge in [-0.15, -0.1) is 0 Å². The molecule has 34 heavy (non-hydrogen) atoms. The number of fused-ring (bicyclic) bond motifs is 1. The van der Waals surface area contributed by atoms with Crippen LogP contribution in [0.1, 0.15) is 34.8 Å². The largest absolute Gasteiger partial charge is 0.496 e. The predicted octanol–water partition coefficient (Wildman–Crippen LogP) is 4.87. The molecule has 1 aliphatic rings. The molecule has 0 saturated carbocycles. The maximum atomic E-state index is 13.5. The van der Waals surface area contributed by atoms with Crippen LogP contribution in [0.25, 0.3) is 22.2 Å². The van der Waals surface area contributed by atoms with E-state index in [1.54, 1.807) is 19.5 Å². The van der Waals surface area contributed by atoms with Gasteiger partial charge in [-0.2, -0.15) is 0 Å². The van der Waals surface area contributed by atoms with Crippen molar-refractivity contribution in [2.75, 3.05) is 26.7 Å². The van der Waals surface area contributed by atoms with Crippen LogP contribution >= 0.6 is 0 Å². The summed E-state index contributed by atoms with van der Waals surface area (Å²) < 4.78 is 5.65. The fraction of sp³-hybridized carbons (Fsp3) is 0.250. The summed E-state index contributed by atoms with van der Waals surface area (Å²) in [6, 6.07) is 21.6. The summed E-state index contributed by atoms with van der Waals surface area (Å²) in [5.41, 5.74) is 4.20. The minimum Gasteiger partial charge on any atom is -0.496 e. The number of hydrogen-bond donors (Lipinski definition) is 1. The molecule has 172 valence electrons. The Morgan fingerprint density at radius 3 is 2.56 bits per heavy atom. The van der Waals surface area contributed by atoms with Gasteiger partial charge in [-0.3, -0.25) is 14.7 Å². The van der Waals surface area contributed by atoms with Gasteiger partial charge in [0.1, 0.15) is 5.75 Å².